The van der Waals surface area contributed by atoms with Crippen molar-refractivity contribution in [2.24, 2.45) is 5.41 Å². The molecule has 39 heavy (non-hydrogen) atoms. The van der Waals surface area contributed by atoms with Gasteiger partial charge in [0, 0.05) is 24.3 Å². The van der Waals surface area contributed by atoms with E-state index in [9.17, 15) is 33.2 Å². The van der Waals surface area contributed by atoms with Crippen LogP contribution in [0, 0.1) is 16.7 Å². The number of likely N-dealkylation sites (tertiary alicyclic amines) is 1. The summed E-state index contributed by atoms with van der Waals surface area (Å²) in [4.78, 5) is 53.9. The molecule has 0 aliphatic carbocycles. The van der Waals surface area contributed by atoms with Gasteiger partial charge in [-0.15, -0.1) is 0 Å². The van der Waals surface area contributed by atoms with Gasteiger partial charge in [0.25, 0.3) is 0 Å². The van der Waals surface area contributed by atoms with Gasteiger partial charge in [0.15, 0.2) is 0 Å². The minimum absolute atomic E-state index is 0.0199. The summed E-state index contributed by atoms with van der Waals surface area (Å²) in [7, 11) is 0. The van der Waals surface area contributed by atoms with E-state index in [0.29, 0.717) is 11.3 Å². The molecule has 1 fully saturated rings. The maximum absolute atomic E-state index is 14.5. The van der Waals surface area contributed by atoms with E-state index in [1.54, 1.807) is 63.2 Å². The predicted molar refractivity (Wildman–Crippen MR) is 138 cm³/mol. The molecule has 2 aliphatic heterocycles. The largest absolute Gasteiger partial charge is 0.325 e. The molecule has 2 aromatic rings. The third-order valence-electron chi connectivity index (χ3n) is 7.01. The van der Waals surface area contributed by atoms with Crippen molar-refractivity contribution in [3.63, 3.8) is 0 Å². The van der Waals surface area contributed by atoms with Crippen LogP contribution in [-0.2, 0) is 24.6 Å². The van der Waals surface area contributed by atoms with E-state index in [-0.39, 0.29) is 30.0 Å². The molecule has 1 spiro atoms. The summed E-state index contributed by atoms with van der Waals surface area (Å²) in [6.07, 6.45) is -0.248. The van der Waals surface area contributed by atoms with Crippen LogP contribution in [0.4, 0.5) is 20.2 Å². The molecule has 0 bridgehead atoms. The lowest BCUT2D eigenvalue weighted by Crippen LogP contribution is -2.57. The van der Waals surface area contributed by atoms with E-state index in [1.807, 2.05) is 6.07 Å². The Bertz CT molecular complexity index is 1340. The highest BCUT2D eigenvalue weighted by Crippen LogP contribution is 2.46. The van der Waals surface area contributed by atoms with E-state index >= 15 is 0 Å². The molecule has 2 N–H and O–H groups in total. The van der Waals surface area contributed by atoms with Crippen LogP contribution < -0.4 is 10.6 Å². The monoisotopic (exact) mass is 537 g/mol. The van der Waals surface area contributed by atoms with Gasteiger partial charge in [-0.2, -0.15) is 14.0 Å². The molecule has 1 saturated heterocycles. The van der Waals surface area contributed by atoms with Gasteiger partial charge in [-0.1, -0.05) is 57.2 Å². The molecule has 3 atom stereocenters. The van der Waals surface area contributed by atoms with Crippen molar-refractivity contribution in [3.05, 3.63) is 60.2 Å². The second-order valence-corrected chi connectivity index (χ2v) is 11.0. The van der Waals surface area contributed by atoms with Gasteiger partial charge in [0.05, 0.1) is 11.5 Å². The van der Waals surface area contributed by atoms with Gasteiger partial charge in [0.1, 0.15) is 12.1 Å². The zero-order chi connectivity index (χ0) is 28.5. The number of para-hydroxylation sites is 2. The number of rotatable bonds is 5. The number of hydrogen-bond acceptors (Lipinski definition) is 5. The molecule has 1 unspecified atom stereocenters. The number of carbonyl (C=O) groups excluding carboxylic acids is 4. The van der Waals surface area contributed by atoms with Crippen LogP contribution in [0.15, 0.2) is 54.6 Å². The molecule has 2 aliphatic rings. The Labute approximate surface area is 224 Å². The third-order valence-corrected chi connectivity index (χ3v) is 7.01. The number of hydrogen-bond donors (Lipinski definition) is 2. The zero-order valence-corrected chi connectivity index (χ0v) is 21.8. The van der Waals surface area contributed by atoms with E-state index < -0.39 is 53.1 Å². The Morgan fingerprint density at radius 3 is 2.41 bits per heavy atom. The van der Waals surface area contributed by atoms with Crippen molar-refractivity contribution in [1.29, 1.82) is 5.26 Å². The van der Waals surface area contributed by atoms with Crippen LogP contribution in [0.3, 0.4) is 0 Å². The smallest absolute Gasteiger partial charge is 0.318 e. The molecular formula is C28H29F2N5O4. The third kappa shape index (κ3) is 5.32. The van der Waals surface area contributed by atoms with Gasteiger partial charge >= 0.3 is 18.4 Å². The van der Waals surface area contributed by atoms with Gasteiger partial charge in [-0.25, -0.2) is 0 Å². The van der Waals surface area contributed by atoms with E-state index in [0.717, 1.165) is 4.90 Å². The number of halogens is 2. The minimum atomic E-state index is -3.48. The first-order valence-electron chi connectivity index (χ1n) is 12.5. The molecule has 2 aromatic carbocycles. The summed E-state index contributed by atoms with van der Waals surface area (Å²) < 4.78 is 29.0. The maximum atomic E-state index is 14.5. The van der Waals surface area contributed by atoms with Gasteiger partial charge in [-0.05, 0) is 35.6 Å². The van der Waals surface area contributed by atoms with Crippen molar-refractivity contribution in [1.82, 2.24) is 9.80 Å². The normalized spacial score (nSPS) is 20.8. The molecule has 11 heteroatoms. The Hall–Kier alpha value is -4.33. The molecule has 4 rings (SSSR count). The topological polar surface area (TPSA) is 123 Å². The molecule has 9 nitrogen and oxygen atoms in total. The predicted octanol–water partition coefficient (Wildman–Crippen LogP) is 3.50. The number of alkyl halides is 2. The highest BCUT2D eigenvalue weighted by molar-refractivity contribution is 6.40. The Morgan fingerprint density at radius 1 is 1.15 bits per heavy atom. The summed E-state index contributed by atoms with van der Waals surface area (Å²) in [5, 5.41) is 15.0. The molecule has 0 radical (unpaired) electrons. The number of anilines is 2. The van der Waals surface area contributed by atoms with Gasteiger partial charge in [0.2, 0.25) is 11.8 Å². The van der Waals surface area contributed by atoms with Crippen LogP contribution in [0.25, 0.3) is 0 Å². The van der Waals surface area contributed by atoms with Crippen LogP contribution >= 0.6 is 0 Å². The average molecular weight is 538 g/mol. The SMILES string of the molecule is CC(C)(C)C[C@@H](C(=O)N1C[C@]2(CC1C#N)C(=O)Nc1ccccc12)N(C(=O)C(=O)Nc1ccccc1)C(F)F. The summed E-state index contributed by atoms with van der Waals surface area (Å²) in [6, 6.07) is 13.9. The second kappa shape index (κ2) is 10.4. The van der Waals surface area contributed by atoms with Crippen LogP contribution in [0.5, 0.6) is 0 Å². The maximum Gasteiger partial charge on any atom is 0.318 e. The summed E-state index contributed by atoms with van der Waals surface area (Å²) in [6.45, 7) is 1.41. The first kappa shape index (κ1) is 27.7. The lowest BCUT2D eigenvalue weighted by atomic mass is 9.80. The molecule has 2 heterocycles. The standard InChI is InChI=1S/C28H29F2N5O4/c1-27(2,3)14-21(35(26(29)30)24(38)22(36)32-17-9-5-4-6-10-17)23(37)34-16-28(13-18(34)15-31)19-11-7-8-12-20(19)33-25(28)39/h4-12,18,21,26H,13-14,16H2,1-3H3,(H,32,36)(H,33,39)/t18?,21-,28-/m0/s1. The average Bonchev–Trinajstić information content (AvgIpc) is 3.41. The van der Waals surface area contributed by atoms with Crippen LogP contribution in [-0.4, -0.2) is 58.6 Å². The van der Waals surface area contributed by atoms with Gasteiger partial charge < -0.3 is 15.5 Å². The fourth-order valence-corrected chi connectivity index (χ4v) is 5.25. The van der Waals surface area contributed by atoms with Crippen LogP contribution in [0.1, 0.15) is 39.2 Å². The number of nitriles is 1. The number of nitrogens with zero attached hydrogens (tertiary/aromatic N) is 3. The fourth-order valence-electron chi connectivity index (χ4n) is 5.25. The highest BCUT2D eigenvalue weighted by atomic mass is 19.3. The number of amides is 4. The first-order chi connectivity index (χ1) is 18.4. The fraction of sp³-hybridized carbons (Fsp3) is 0.393. The number of nitrogens with one attached hydrogen (secondary N) is 2. The summed E-state index contributed by atoms with van der Waals surface area (Å²) in [5.41, 5.74) is -0.562. The quantitative estimate of drug-likeness (QED) is 0.447. The van der Waals surface area contributed by atoms with Crippen molar-refractivity contribution < 1.29 is 28.0 Å². The molecule has 204 valence electrons. The number of fused-ring (bicyclic) bond motifs is 2. The Morgan fingerprint density at radius 2 is 1.79 bits per heavy atom. The minimum Gasteiger partial charge on any atom is -0.325 e. The van der Waals surface area contributed by atoms with Crippen molar-refractivity contribution >= 4 is 35.0 Å². The molecule has 4 amide bonds. The van der Waals surface area contributed by atoms with E-state index in [1.165, 1.54) is 12.1 Å². The van der Waals surface area contributed by atoms with Crippen molar-refractivity contribution in [3.8, 4) is 6.07 Å². The molecule has 0 aromatic heterocycles. The zero-order valence-electron chi connectivity index (χ0n) is 21.8. The highest BCUT2D eigenvalue weighted by Gasteiger charge is 2.57. The number of benzene rings is 2. The van der Waals surface area contributed by atoms with Crippen LogP contribution in [0.2, 0.25) is 0 Å². The van der Waals surface area contributed by atoms with Gasteiger partial charge in [-0.3, -0.25) is 24.1 Å². The second-order valence-electron chi connectivity index (χ2n) is 11.0. The molecule has 0 saturated carbocycles. The lowest BCUT2D eigenvalue weighted by Gasteiger charge is -2.36. The summed E-state index contributed by atoms with van der Waals surface area (Å²) >= 11 is 0. The Balaban J connectivity index is 1.68. The van der Waals surface area contributed by atoms with E-state index in [2.05, 4.69) is 10.6 Å². The summed E-state index contributed by atoms with van der Waals surface area (Å²) in [5.74, 6) is -4.22. The molecular weight excluding hydrogens is 508 g/mol. The first-order valence-corrected chi connectivity index (χ1v) is 12.5. The number of carbonyl (C=O) groups is 4. The van der Waals surface area contributed by atoms with E-state index in [4.69, 9.17) is 0 Å². The lowest BCUT2D eigenvalue weighted by molar-refractivity contribution is -0.165. The van der Waals surface area contributed by atoms with Crippen molar-refractivity contribution in [2.45, 2.75) is 57.7 Å². The Kier molecular flexibility index (Phi) is 7.41. The van der Waals surface area contributed by atoms with Crippen molar-refractivity contribution in [2.75, 3.05) is 17.2 Å².